The number of carbonyl (C=O) groups is 1. The number of hydrogen-bond acceptors (Lipinski definition) is 4. The normalized spacial score (nSPS) is 11.0. The fraction of sp³-hybridized carbons (Fsp3) is 0.500. The van der Waals surface area contributed by atoms with E-state index in [1.165, 1.54) is 24.3 Å². The van der Waals surface area contributed by atoms with Crippen LogP contribution < -0.4 is 10.1 Å². The minimum Gasteiger partial charge on any atom is -0.435 e. The lowest BCUT2D eigenvalue weighted by Crippen LogP contribution is -2.31. The quantitative estimate of drug-likeness (QED) is 0.711. The van der Waals surface area contributed by atoms with Gasteiger partial charge in [0.05, 0.1) is 6.54 Å². The van der Waals surface area contributed by atoms with Crippen LogP contribution in [0.2, 0.25) is 0 Å². The van der Waals surface area contributed by atoms with Gasteiger partial charge in [0, 0.05) is 25.9 Å². The first-order valence-electron chi connectivity index (χ1n) is 6.53. The van der Waals surface area contributed by atoms with Crippen LogP contribution in [0.3, 0.4) is 0 Å². The molecule has 0 aliphatic carbocycles. The van der Waals surface area contributed by atoms with Gasteiger partial charge in [0.25, 0.3) is 0 Å². The predicted molar refractivity (Wildman–Crippen MR) is 75.7 cm³/mol. The van der Waals surface area contributed by atoms with E-state index >= 15 is 0 Å². The van der Waals surface area contributed by atoms with Gasteiger partial charge in [-0.15, -0.1) is 0 Å². The molecule has 1 amide bonds. The van der Waals surface area contributed by atoms with E-state index in [2.05, 4.69) is 10.1 Å². The number of hydrogen-bond donors (Lipinski definition) is 1. The summed E-state index contributed by atoms with van der Waals surface area (Å²) in [6.45, 7) is -1.20. The summed E-state index contributed by atoms with van der Waals surface area (Å²) in [7, 11) is 3.48. The molecule has 1 aromatic rings. The number of likely N-dealkylation sites (N-methyl/N-ethyl adjacent to an activating group) is 1. The van der Waals surface area contributed by atoms with Crippen molar-refractivity contribution in [2.75, 3.05) is 39.2 Å². The Kier molecular flexibility index (Phi) is 7.63. The molecule has 0 atom stereocenters. The van der Waals surface area contributed by atoms with Gasteiger partial charge in [-0.25, -0.2) is 0 Å². The molecule has 0 fully saturated rings. The average Bonchev–Trinajstić information content (AvgIpc) is 2.40. The topological polar surface area (TPSA) is 50.8 Å². The zero-order valence-electron chi connectivity index (χ0n) is 12.1. The Bertz CT molecular complexity index is 427. The van der Waals surface area contributed by atoms with Gasteiger partial charge < -0.3 is 14.8 Å². The van der Waals surface area contributed by atoms with Gasteiger partial charge in [-0.05, 0) is 37.7 Å². The molecule has 0 spiro atoms. The van der Waals surface area contributed by atoms with Crippen LogP contribution in [-0.4, -0.2) is 51.3 Å². The van der Waals surface area contributed by atoms with E-state index in [9.17, 15) is 13.6 Å². The summed E-state index contributed by atoms with van der Waals surface area (Å²) in [5.41, 5.74) is 0.534. The van der Waals surface area contributed by atoms with Crippen molar-refractivity contribution in [1.82, 2.24) is 4.90 Å². The smallest absolute Gasteiger partial charge is 0.387 e. The molecule has 0 aliphatic rings. The van der Waals surface area contributed by atoms with Crippen LogP contribution in [-0.2, 0) is 9.53 Å². The molecular weight excluding hydrogens is 282 g/mol. The first kappa shape index (κ1) is 17.3. The predicted octanol–water partition coefficient (Wildman–Crippen LogP) is 2.19. The highest BCUT2D eigenvalue weighted by molar-refractivity contribution is 5.92. The van der Waals surface area contributed by atoms with Gasteiger partial charge in [-0.2, -0.15) is 8.78 Å². The first-order valence-corrected chi connectivity index (χ1v) is 6.53. The summed E-state index contributed by atoms with van der Waals surface area (Å²) in [6.07, 6.45) is 0.847. The van der Waals surface area contributed by atoms with Crippen LogP contribution in [0.25, 0.3) is 0 Å². The third-order valence-corrected chi connectivity index (χ3v) is 2.67. The number of nitrogens with zero attached hydrogens (tertiary/aromatic N) is 1. The molecule has 21 heavy (non-hydrogen) atoms. The molecular formula is C14H20F2N2O3. The van der Waals surface area contributed by atoms with Crippen molar-refractivity contribution in [2.24, 2.45) is 0 Å². The molecule has 0 saturated carbocycles. The highest BCUT2D eigenvalue weighted by atomic mass is 19.3. The summed E-state index contributed by atoms with van der Waals surface area (Å²) in [5, 5.41) is 2.69. The van der Waals surface area contributed by atoms with Crippen LogP contribution in [0.15, 0.2) is 24.3 Å². The van der Waals surface area contributed by atoms with Crippen LogP contribution in [0.5, 0.6) is 5.75 Å². The number of methoxy groups -OCH3 is 1. The number of alkyl halides is 2. The van der Waals surface area contributed by atoms with Crippen LogP contribution >= 0.6 is 0 Å². The van der Waals surface area contributed by atoms with Crippen molar-refractivity contribution in [3.63, 3.8) is 0 Å². The molecule has 0 saturated heterocycles. The maximum absolute atomic E-state index is 12.0. The van der Waals surface area contributed by atoms with E-state index < -0.39 is 6.61 Å². The van der Waals surface area contributed by atoms with Crippen molar-refractivity contribution in [3.8, 4) is 5.75 Å². The zero-order valence-corrected chi connectivity index (χ0v) is 12.1. The Labute approximate surface area is 122 Å². The molecule has 1 rings (SSSR count). The van der Waals surface area contributed by atoms with E-state index in [1.807, 2.05) is 11.9 Å². The lowest BCUT2D eigenvalue weighted by atomic mass is 10.3. The van der Waals surface area contributed by atoms with Crippen molar-refractivity contribution in [2.45, 2.75) is 13.0 Å². The maximum atomic E-state index is 12.0. The molecule has 7 heteroatoms. The Morgan fingerprint density at radius 1 is 1.33 bits per heavy atom. The van der Waals surface area contributed by atoms with Gasteiger partial charge in [-0.1, -0.05) is 0 Å². The first-order chi connectivity index (χ1) is 10.0. The number of nitrogens with one attached hydrogen (secondary N) is 1. The minimum absolute atomic E-state index is 0.0553. The number of amides is 1. The van der Waals surface area contributed by atoms with Crippen molar-refractivity contribution in [1.29, 1.82) is 0 Å². The molecule has 0 bridgehead atoms. The molecule has 0 unspecified atom stereocenters. The highest BCUT2D eigenvalue weighted by Gasteiger charge is 2.08. The van der Waals surface area contributed by atoms with E-state index in [0.717, 1.165) is 13.0 Å². The standard InChI is InChI=1S/C14H20F2N2O3/c1-18(8-3-9-20-2)10-13(19)17-11-4-6-12(7-5-11)21-14(15)16/h4-7,14H,3,8-10H2,1-2H3,(H,17,19). The number of ether oxygens (including phenoxy) is 2. The SMILES string of the molecule is COCCCN(C)CC(=O)Nc1ccc(OC(F)F)cc1. The zero-order chi connectivity index (χ0) is 15.7. The van der Waals surface area contributed by atoms with Crippen LogP contribution in [0, 0.1) is 0 Å². The molecule has 1 N–H and O–H groups in total. The molecule has 5 nitrogen and oxygen atoms in total. The summed E-state index contributed by atoms with van der Waals surface area (Å²) < 4.78 is 33.2. The molecule has 0 aliphatic heterocycles. The maximum Gasteiger partial charge on any atom is 0.387 e. The Balaban J connectivity index is 2.36. The van der Waals surface area contributed by atoms with E-state index in [4.69, 9.17) is 4.74 Å². The number of carbonyl (C=O) groups excluding carboxylic acids is 1. The summed E-state index contributed by atoms with van der Waals surface area (Å²) in [4.78, 5) is 13.7. The van der Waals surface area contributed by atoms with Gasteiger partial charge in [-0.3, -0.25) is 9.69 Å². The van der Waals surface area contributed by atoms with Crippen molar-refractivity contribution in [3.05, 3.63) is 24.3 Å². The van der Waals surface area contributed by atoms with E-state index in [0.29, 0.717) is 12.3 Å². The molecule has 0 radical (unpaired) electrons. The van der Waals surface area contributed by atoms with Gasteiger partial charge >= 0.3 is 6.61 Å². The number of anilines is 1. The van der Waals surface area contributed by atoms with E-state index in [1.54, 1.807) is 7.11 Å². The van der Waals surface area contributed by atoms with Gasteiger partial charge in [0.15, 0.2) is 0 Å². The third kappa shape index (κ3) is 7.57. The van der Waals surface area contributed by atoms with Crippen LogP contribution in [0.1, 0.15) is 6.42 Å². The molecule has 118 valence electrons. The van der Waals surface area contributed by atoms with Crippen LogP contribution in [0.4, 0.5) is 14.5 Å². The monoisotopic (exact) mass is 302 g/mol. The Morgan fingerprint density at radius 3 is 2.57 bits per heavy atom. The Hall–Kier alpha value is -1.73. The highest BCUT2D eigenvalue weighted by Crippen LogP contribution is 2.17. The number of halogens is 2. The second-order valence-corrected chi connectivity index (χ2v) is 4.54. The van der Waals surface area contributed by atoms with Gasteiger partial charge in [0.1, 0.15) is 5.75 Å². The Morgan fingerprint density at radius 2 is 2.00 bits per heavy atom. The molecule has 1 aromatic carbocycles. The van der Waals surface area contributed by atoms with Crippen molar-refractivity contribution < 1.29 is 23.0 Å². The fourth-order valence-electron chi connectivity index (χ4n) is 1.72. The van der Waals surface area contributed by atoms with Gasteiger partial charge in [0.2, 0.25) is 5.91 Å². The average molecular weight is 302 g/mol. The molecule has 0 heterocycles. The summed E-state index contributed by atoms with van der Waals surface area (Å²) >= 11 is 0. The summed E-state index contributed by atoms with van der Waals surface area (Å²) in [5.74, 6) is -0.114. The number of benzene rings is 1. The fourth-order valence-corrected chi connectivity index (χ4v) is 1.72. The third-order valence-electron chi connectivity index (χ3n) is 2.67. The lowest BCUT2D eigenvalue weighted by Gasteiger charge is -2.16. The largest absolute Gasteiger partial charge is 0.435 e. The van der Waals surface area contributed by atoms with E-state index in [-0.39, 0.29) is 18.2 Å². The van der Waals surface area contributed by atoms with Crippen molar-refractivity contribution >= 4 is 11.6 Å². The number of rotatable bonds is 9. The second-order valence-electron chi connectivity index (χ2n) is 4.54. The second kappa shape index (κ2) is 9.25. The summed E-state index contributed by atoms with van der Waals surface area (Å²) in [6, 6.07) is 5.79. The molecule has 0 aromatic heterocycles. The lowest BCUT2D eigenvalue weighted by molar-refractivity contribution is -0.117. The minimum atomic E-state index is -2.86.